The molecule has 1 fully saturated rings. The molecule has 1 unspecified atom stereocenters. The molecule has 29 heavy (non-hydrogen) atoms. The zero-order valence-corrected chi connectivity index (χ0v) is 17.7. The molecule has 1 aromatic heterocycles. The van der Waals surface area contributed by atoms with Crippen LogP contribution in [0.5, 0.6) is 5.75 Å². The standard InChI is InChI=1S/C22H20BrN3O3/c1-3-25-21(27)18-11-16-15-10-13(23)6-9-17(15)24-19(16)20(26(18)22(25)28)12-4-7-14(29-2)8-5-12/h4-10,18,20,24H,3,11H2,1-2H3/t18-,20?/m0/s1. The molecule has 2 atom stereocenters. The van der Waals surface area contributed by atoms with Crippen LogP contribution in [0.4, 0.5) is 4.79 Å². The fraction of sp³-hybridized carbons (Fsp3) is 0.273. The van der Waals surface area contributed by atoms with Crippen LogP contribution in [0.2, 0.25) is 0 Å². The number of amides is 3. The lowest BCUT2D eigenvalue weighted by Crippen LogP contribution is -2.44. The van der Waals surface area contributed by atoms with Gasteiger partial charge in [-0.05, 0) is 48.4 Å². The molecule has 2 aromatic carbocycles. The number of aromatic nitrogens is 1. The van der Waals surface area contributed by atoms with Gasteiger partial charge < -0.3 is 9.72 Å². The van der Waals surface area contributed by atoms with Gasteiger partial charge in [0.2, 0.25) is 0 Å². The molecule has 6 nitrogen and oxygen atoms in total. The maximum absolute atomic E-state index is 13.2. The summed E-state index contributed by atoms with van der Waals surface area (Å²) in [4.78, 5) is 32.8. The first-order valence-corrected chi connectivity index (χ1v) is 10.4. The van der Waals surface area contributed by atoms with Crippen LogP contribution in [0.3, 0.4) is 0 Å². The normalized spacial score (nSPS) is 20.9. The number of likely N-dealkylation sites (N-methyl/N-ethyl adjacent to an activating group) is 1. The van der Waals surface area contributed by atoms with Crippen LogP contribution in [0.25, 0.3) is 10.9 Å². The number of aromatic amines is 1. The van der Waals surface area contributed by atoms with E-state index in [4.69, 9.17) is 4.74 Å². The third kappa shape index (κ3) is 2.60. The van der Waals surface area contributed by atoms with Crippen molar-refractivity contribution in [3.05, 3.63) is 63.8 Å². The van der Waals surface area contributed by atoms with E-state index in [1.807, 2.05) is 43.3 Å². The van der Waals surface area contributed by atoms with Crippen LogP contribution < -0.4 is 4.74 Å². The van der Waals surface area contributed by atoms with Crippen molar-refractivity contribution in [1.82, 2.24) is 14.8 Å². The number of fused-ring (bicyclic) bond motifs is 4. The van der Waals surface area contributed by atoms with Crippen molar-refractivity contribution in [3.8, 4) is 5.75 Å². The predicted molar refractivity (Wildman–Crippen MR) is 113 cm³/mol. The molecule has 2 aliphatic rings. The van der Waals surface area contributed by atoms with Gasteiger partial charge in [-0.3, -0.25) is 14.6 Å². The number of carbonyl (C=O) groups is 2. The number of halogens is 1. The number of hydrogen-bond acceptors (Lipinski definition) is 3. The molecule has 2 aliphatic heterocycles. The minimum atomic E-state index is -0.486. The zero-order chi connectivity index (χ0) is 20.3. The summed E-state index contributed by atoms with van der Waals surface area (Å²) in [6, 6.07) is 12.7. The molecule has 7 heteroatoms. The van der Waals surface area contributed by atoms with Gasteiger partial charge in [-0.25, -0.2) is 4.79 Å². The summed E-state index contributed by atoms with van der Waals surface area (Å²) in [7, 11) is 1.63. The minimum Gasteiger partial charge on any atom is -0.497 e. The second kappa shape index (κ2) is 6.62. The molecule has 3 heterocycles. The number of rotatable bonds is 3. The number of urea groups is 1. The lowest BCUT2D eigenvalue weighted by molar-refractivity contribution is -0.128. The van der Waals surface area contributed by atoms with Gasteiger partial charge in [0.1, 0.15) is 17.8 Å². The number of nitrogens with one attached hydrogen (secondary N) is 1. The number of H-pyrrole nitrogens is 1. The molecule has 0 saturated carbocycles. The molecule has 5 rings (SSSR count). The van der Waals surface area contributed by atoms with Gasteiger partial charge in [-0.15, -0.1) is 0 Å². The molecule has 0 spiro atoms. The Morgan fingerprint density at radius 2 is 1.93 bits per heavy atom. The fourth-order valence-electron chi connectivity index (χ4n) is 4.57. The summed E-state index contributed by atoms with van der Waals surface area (Å²) in [5, 5.41) is 1.09. The van der Waals surface area contributed by atoms with Crippen molar-refractivity contribution in [2.75, 3.05) is 13.7 Å². The van der Waals surface area contributed by atoms with Crippen LogP contribution >= 0.6 is 15.9 Å². The van der Waals surface area contributed by atoms with Crippen LogP contribution in [-0.2, 0) is 11.2 Å². The SMILES string of the molecule is CCN1C(=O)[C@@H]2Cc3c([nH]c4ccc(Br)cc34)C(c3ccc(OC)cc3)N2C1=O. The van der Waals surface area contributed by atoms with E-state index in [0.29, 0.717) is 13.0 Å². The van der Waals surface area contributed by atoms with Gasteiger partial charge in [-0.1, -0.05) is 28.1 Å². The Morgan fingerprint density at radius 1 is 1.17 bits per heavy atom. The summed E-state index contributed by atoms with van der Waals surface area (Å²) in [6.45, 7) is 2.21. The number of nitrogens with zero attached hydrogens (tertiary/aromatic N) is 2. The second-order valence-electron chi connectivity index (χ2n) is 7.38. The Kier molecular flexibility index (Phi) is 4.17. The Labute approximate surface area is 176 Å². The van der Waals surface area contributed by atoms with Crippen molar-refractivity contribution < 1.29 is 14.3 Å². The van der Waals surface area contributed by atoms with E-state index in [1.165, 1.54) is 4.90 Å². The summed E-state index contributed by atoms with van der Waals surface area (Å²) >= 11 is 3.55. The lowest BCUT2D eigenvalue weighted by atomic mass is 9.89. The molecular weight excluding hydrogens is 434 g/mol. The van der Waals surface area contributed by atoms with Crippen LogP contribution in [-0.4, -0.2) is 46.4 Å². The first kappa shape index (κ1) is 18.2. The Morgan fingerprint density at radius 3 is 2.62 bits per heavy atom. The highest BCUT2D eigenvalue weighted by molar-refractivity contribution is 9.10. The van der Waals surface area contributed by atoms with Crippen molar-refractivity contribution in [2.45, 2.75) is 25.4 Å². The Bertz CT molecular complexity index is 1140. The minimum absolute atomic E-state index is 0.119. The molecule has 0 bridgehead atoms. The number of hydrogen-bond donors (Lipinski definition) is 1. The largest absolute Gasteiger partial charge is 0.497 e. The van der Waals surface area contributed by atoms with E-state index >= 15 is 0 Å². The average molecular weight is 454 g/mol. The molecular formula is C22H20BrN3O3. The lowest BCUT2D eigenvalue weighted by Gasteiger charge is -2.36. The second-order valence-corrected chi connectivity index (χ2v) is 8.29. The third-order valence-corrected chi connectivity index (χ3v) is 6.43. The van der Waals surface area contributed by atoms with Gasteiger partial charge in [0.25, 0.3) is 5.91 Å². The van der Waals surface area contributed by atoms with Gasteiger partial charge in [0.05, 0.1) is 7.11 Å². The maximum atomic E-state index is 13.2. The molecule has 1 N–H and O–H groups in total. The third-order valence-electron chi connectivity index (χ3n) is 5.94. The van der Waals surface area contributed by atoms with Crippen molar-refractivity contribution in [2.24, 2.45) is 0 Å². The van der Waals surface area contributed by atoms with Gasteiger partial charge in [0.15, 0.2) is 0 Å². The highest BCUT2D eigenvalue weighted by Crippen LogP contribution is 2.44. The monoisotopic (exact) mass is 453 g/mol. The van der Waals surface area contributed by atoms with Crippen LogP contribution in [0, 0.1) is 0 Å². The Hall–Kier alpha value is -2.80. The summed E-state index contributed by atoms with van der Waals surface area (Å²) < 4.78 is 6.28. The van der Waals surface area contributed by atoms with E-state index in [1.54, 1.807) is 12.0 Å². The zero-order valence-electron chi connectivity index (χ0n) is 16.1. The van der Waals surface area contributed by atoms with Crippen molar-refractivity contribution >= 4 is 38.8 Å². The molecule has 0 radical (unpaired) electrons. The van der Waals surface area contributed by atoms with E-state index in [-0.39, 0.29) is 18.0 Å². The van der Waals surface area contributed by atoms with E-state index in [0.717, 1.165) is 37.9 Å². The topological polar surface area (TPSA) is 65.6 Å². The smallest absolute Gasteiger partial charge is 0.328 e. The number of carbonyl (C=O) groups excluding carboxylic acids is 2. The highest BCUT2D eigenvalue weighted by atomic mass is 79.9. The predicted octanol–water partition coefficient (Wildman–Crippen LogP) is 4.24. The number of imide groups is 1. The maximum Gasteiger partial charge on any atom is 0.328 e. The Balaban J connectivity index is 1.73. The molecule has 1 saturated heterocycles. The number of methoxy groups -OCH3 is 1. The molecule has 0 aliphatic carbocycles. The average Bonchev–Trinajstić information content (AvgIpc) is 3.21. The van der Waals surface area contributed by atoms with Gasteiger partial charge in [0, 0.05) is 34.0 Å². The van der Waals surface area contributed by atoms with Gasteiger partial charge >= 0.3 is 6.03 Å². The quantitative estimate of drug-likeness (QED) is 0.603. The fourth-order valence-corrected chi connectivity index (χ4v) is 4.93. The van der Waals surface area contributed by atoms with Crippen molar-refractivity contribution in [1.29, 1.82) is 0 Å². The van der Waals surface area contributed by atoms with E-state index in [9.17, 15) is 9.59 Å². The molecule has 148 valence electrons. The highest BCUT2D eigenvalue weighted by Gasteiger charge is 2.52. The van der Waals surface area contributed by atoms with E-state index in [2.05, 4.69) is 27.0 Å². The summed E-state index contributed by atoms with van der Waals surface area (Å²) in [5.41, 5.74) is 4.02. The van der Waals surface area contributed by atoms with Gasteiger partial charge in [-0.2, -0.15) is 0 Å². The van der Waals surface area contributed by atoms with Crippen LogP contribution in [0.1, 0.15) is 29.8 Å². The van der Waals surface area contributed by atoms with E-state index < -0.39 is 6.04 Å². The first-order valence-electron chi connectivity index (χ1n) is 9.61. The molecule has 3 aromatic rings. The van der Waals surface area contributed by atoms with Crippen molar-refractivity contribution in [3.63, 3.8) is 0 Å². The molecule has 3 amide bonds. The van der Waals surface area contributed by atoms with Crippen LogP contribution in [0.15, 0.2) is 46.9 Å². The number of benzene rings is 2. The number of ether oxygens (including phenoxy) is 1. The summed E-state index contributed by atoms with van der Waals surface area (Å²) in [5.74, 6) is 0.631. The summed E-state index contributed by atoms with van der Waals surface area (Å²) in [6.07, 6.45) is 0.513. The first-order chi connectivity index (χ1) is 14.0.